The van der Waals surface area contributed by atoms with E-state index >= 15 is 0 Å². The molecule has 1 aliphatic rings. The first-order chi connectivity index (χ1) is 13.2. The number of rotatable bonds is 9. The molecule has 3 nitrogen and oxygen atoms in total. The first kappa shape index (κ1) is 22.5. The van der Waals surface area contributed by atoms with Gasteiger partial charge in [0.25, 0.3) is 0 Å². The van der Waals surface area contributed by atoms with Crippen LogP contribution in [0, 0.1) is 5.92 Å². The largest absolute Gasteiger partial charge is 0.507 e. The van der Waals surface area contributed by atoms with Crippen LogP contribution in [0.4, 0.5) is 0 Å². The van der Waals surface area contributed by atoms with Crippen LogP contribution < -0.4 is 0 Å². The number of allylic oxidation sites excluding steroid dienone is 2. The molecule has 2 atom stereocenters. The van der Waals surface area contributed by atoms with E-state index in [4.69, 9.17) is 0 Å². The number of benzene rings is 1. The molecule has 0 aliphatic heterocycles. The van der Waals surface area contributed by atoms with Gasteiger partial charge >= 0.3 is 0 Å². The molecule has 1 aromatic carbocycles. The number of hydrogen-bond acceptors (Lipinski definition) is 3. The van der Waals surface area contributed by atoms with Gasteiger partial charge in [-0.05, 0) is 60.8 Å². The van der Waals surface area contributed by atoms with Gasteiger partial charge in [0.15, 0.2) is 0 Å². The minimum atomic E-state index is -0.157. The van der Waals surface area contributed by atoms with Gasteiger partial charge in [0, 0.05) is 11.5 Å². The number of aliphatic hydroxyl groups excluding tert-OH is 1. The summed E-state index contributed by atoms with van der Waals surface area (Å²) in [6, 6.07) is 3.65. The van der Waals surface area contributed by atoms with Gasteiger partial charge in [0.1, 0.15) is 11.5 Å². The molecule has 156 valence electrons. The quantitative estimate of drug-likeness (QED) is 0.343. The molecule has 0 saturated heterocycles. The van der Waals surface area contributed by atoms with E-state index in [1.54, 1.807) is 0 Å². The Bertz CT molecular complexity index is 691. The Balaban J connectivity index is 2.35. The highest BCUT2D eigenvalue weighted by Gasteiger charge is 2.32. The van der Waals surface area contributed by atoms with E-state index in [1.807, 2.05) is 25.1 Å². The molecular formula is C25H38O3. The second kappa shape index (κ2) is 9.65. The van der Waals surface area contributed by atoms with E-state index in [-0.39, 0.29) is 35.4 Å². The summed E-state index contributed by atoms with van der Waals surface area (Å²) in [4.78, 5) is 0. The molecule has 0 saturated carbocycles. The van der Waals surface area contributed by atoms with Crippen LogP contribution in [0.2, 0.25) is 0 Å². The molecule has 0 bridgehead atoms. The van der Waals surface area contributed by atoms with Crippen LogP contribution >= 0.6 is 0 Å². The Morgan fingerprint density at radius 3 is 2.32 bits per heavy atom. The number of aromatic hydroxyl groups is 2. The van der Waals surface area contributed by atoms with E-state index in [1.165, 1.54) is 19.3 Å². The molecule has 0 spiro atoms. The number of unbranched alkanes of at least 4 members (excludes halogenated alkanes) is 3. The van der Waals surface area contributed by atoms with E-state index in [0.29, 0.717) is 5.56 Å². The van der Waals surface area contributed by atoms with E-state index in [0.717, 1.165) is 42.4 Å². The number of phenolic OH excluding ortho intramolecular Hbond substituents is 2. The molecule has 1 unspecified atom stereocenters. The summed E-state index contributed by atoms with van der Waals surface area (Å²) in [5, 5.41) is 31.3. The molecule has 1 aromatic rings. The monoisotopic (exact) mass is 386 g/mol. The molecule has 0 aromatic heterocycles. The Morgan fingerprint density at radius 2 is 1.79 bits per heavy atom. The Hall–Kier alpha value is -1.74. The van der Waals surface area contributed by atoms with Crippen LogP contribution in [0.5, 0.6) is 11.5 Å². The van der Waals surface area contributed by atoms with Gasteiger partial charge in [-0.15, -0.1) is 0 Å². The predicted octanol–water partition coefficient (Wildman–Crippen LogP) is 6.33. The topological polar surface area (TPSA) is 60.7 Å². The zero-order valence-electron chi connectivity index (χ0n) is 18.1. The van der Waals surface area contributed by atoms with Crippen molar-refractivity contribution >= 4 is 0 Å². The van der Waals surface area contributed by atoms with Crippen molar-refractivity contribution in [1.82, 2.24) is 0 Å². The maximum atomic E-state index is 10.9. The lowest BCUT2D eigenvalue weighted by molar-refractivity contribution is 0.314. The standard InChI is InChI=1S/C25H38O3/c1-6-7-8-9-12-25(4,5)19-14-22(27)24(23(28)15-19)21-13-18(16-26)10-11-20(21)17(2)3/h13-15,20-21,26-28H,2,6-12,16H2,1,3-5H3/t20-,21?/m0/s1. The van der Waals surface area contributed by atoms with Crippen molar-refractivity contribution < 1.29 is 15.3 Å². The molecular weight excluding hydrogens is 348 g/mol. The van der Waals surface area contributed by atoms with Crippen LogP contribution in [-0.4, -0.2) is 21.9 Å². The van der Waals surface area contributed by atoms with E-state index < -0.39 is 0 Å². The summed E-state index contributed by atoms with van der Waals surface area (Å²) in [6.45, 7) is 12.7. The van der Waals surface area contributed by atoms with Crippen molar-refractivity contribution in [2.24, 2.45) is 5.92 Å². The molecule has 28 heavy (non-hydrogen) atoms. The van der Waals surface area contributed by atoms with Crippen LogP contribution in [0.25, 0.3) is 0 Å². The van der Waals surface area contributed by atoms with Gasteiger partial charge < -0.3 is 15.3 Å². The summed E-state index contributed by atoms with van der Waals surface area (Å²) >= 11 is 0. The molecule has 0 fully saturated rings. The Morgan fingerprint density at radius 1 is 1.14 bits per heavy atom. The lowest BCUT2D eigenvalue weighted by Crippen LogP contribution is -2.20. The van der Waals surface area contributed by atoms with Crippen LogP contribution in [0.1, 0.15) is 89.7 Å². The lowest BCUT2D eigenvalue weighted by Gasteiger charge is -2.33. The molecule has 3 heteroatoms. The minimum absolute atomic E-state index is 0.0177. The highest BCUT2D eigenvalue weighted by atomic mass is 16.3. The number of hydrogen-bond donors (Lipinski definition) is 3. The zero-order valence-corrected chi connectivity index (χ0v) is 18.1. The minimum Gasteiger partial charge on any atom is -0.507 e. The van der Waals surface area contributed by atoms with Crippen molar-refractivity contribution in [3.63, 3.8) is 0 Å². The van der Waals surface area contributed by atoms with Crippen LogP contribution in [-0.2, 0) is 5.41 Å². The molecule has 0 heterocycles. The first-order valence-corrected chi connectivity index (χ1v) is 10.7. The van der Waals surface area contributed by atoms with Crippen molar-refractivity contribution in [3.8, 4) is 11.5 Å². The van der Waals surface area contributed by atoms with Gasteiger partial charge in [0.2, 0.25) is 0 Å². The predicted molar refractivity (Wildman–Crippen MR) is 117 cm³/mol. The molecule has 0 amide bonds. The molecule has 0 radical (unpaired) electrons. The second-order valence-corrected chi connectivity index (χ2v) is 9.12. The van der Waals surface area contributed by atoms with E-state index in [2.05, 4.69) is 27.4 Å². The summed E-state index contributed by atoms with van der Waals surface area (Å²) in [6.07, 6.45) is 9.55. The molecule has 2 rings (SSSR count). The van der Waals surface area contributed by atoms with E-state index in [9.17, 15) is 15.3 Å². The lowest BCUT2D eigenvalue weighted by atomic mass is 9.72. The number of phenols is 2. The van der Waals surface area contributed by atoms with Crippen LogP contribution in [0.3, 0.4) is 0 Å². The Kier molecular flexibility index (Phi) is 7.77. The third kappa shape index (κ3) is 5.20. The smallest absolute Gasteiger partial charge is 0.123 e. The van der Waals surface area contributed by atoms with Crippen molar-refractivity contribution in [2.45, 2.75) is 84.0 Å². The highest BCUT2D eigenvalue weighted by Crippen LogP contribution is 2.47. The average molecular weight is 387 g/mol. The van der Waals surface area contributed by atoms with Crippen molar-refractivity contribution in [1.29, 1.82) is 0 Å². The highest BCUT2D eigenvalue weighted by molar-refractivity contribution is 5.53. The van der Waals surface area contributed by atoms with Gasteiger partial charge in [-0.1, -0.05) is 64.7 Å². The SMILES string of the molecule is C=C(C)[C@@H]1CCC(CO)=CC1c1c(O)cc(C(C)(C)CCCCCC)cc1O. The third-order valence-corrected chi connectivity index (χ3v) is 6.37. The maximum absolute atomic E-state index is 10.9. The van der Waals surface area contributed by atoms with Gasteiger partial charge in [0.05, 0.1) is 6.61 Å². The average Bonchev–Trinajstić information content (AvgIpc) is 2.64. The normalized spacial score (nSPS) is 20.1. The van der Waals surface area contributed by atoms with Gasteiger partial charge in [-0.25, -0.2) is 0 Å². The summed E-state index contributed by atoms with van der Waals surface area (Å²) in [5.41, 5.74) is 3.42. The fourth-order valence-corrected chi connectivity index (χ4v) is 4.44. The van der Waals surface area contributed by atoms with Crippen molar-refractivity contribution in [2.75, 3.05) is 6.61 Å². The molecule has 1 aliphatic carbocycles. The zero-order chi connectivity index (χ0) is 20.9. The van der Waals surface area contributed by atoms with Gasteiger partial charge in [-0.2, -0.15) is 0 Å². The second-order valence-electron chi connectivity index (χ2n) is 9.12. The maximum Gasteiger partial charge on any atom is 0.123 e. The first-order valence-electron chi connectivity index (χ1n) is 10.7. The fraction of sp³-hybridized carbons (Fsp3) is 0.600. The van der Waals surface area contributed by atoms with Gasteiger partial charge in [-0.3, -0.25) is 0 Å². The van der Waals surface area contributed by atoms with Crippen LogP contribution in [0.15, 0.2) is 35.9 Å². The fourth-order valence-electron chi connectivity index (χ4n) is 4.44. The number of aliphatic hydroxyl groups is 1. The third-order valence-electron chi connectivity index (χ3n) is 6.37. The summed E-state index contributed by atoms with van der Waals surface area (Å²) in [5.74, 6) is 0.279. The molecule has 3 N–H and O–H groups in total. The Labute approximate surface area is 170 Å². The summed E-state index contributed by atoms with van der Waals surface area (Å²) in [7, 11) is 0. The summed E-state index contributed by atoms with van der Waals surface area (Å²) < 4.78 is 0. The van der Waals surface area contributed by atoms with Crippen molar-refractivity contribution in [3.05, 3.63) is 47.1 Å².